The van der Waals surface area contributed by atoms with E-state index >= 15 is 0 Å². The van der Waals surface area contributed by atoms with E-state index in [0.717, 1.165) is 36.6 Å². The first-order valence-electron chi connectivity index (χ1n) is 6.64. The molecule has 0 saturated carbocycles. The molecule has 20 heavy (non-hydrogen) atoms. The lowest BCUT2D eigenvalue weighted by molar-refractivity contribution is 0.398. The predicted molar refractivity (Wildman–Crippen MR) is 79.2 cm³/mol. The van der Waals surface area contributed by atoms with E-state index in [-0.39, 0.29) is 0 Å². The zero-order valence-electron chi connectivity index (χ0n) is 11.9. The standard InChI is InChI=1S/C16H20N2O2/c1-19-15-3-4-16(20-2)14(11-15)7-10-18-12-13-5-8-17-9-6-13/h3-6,8-9,11,18H,7,10,12H2,1-2H3. The molecule has 4 heteroatoms. The fourth-order valence-electron chi connectivity index (χ4n) is 2.03. The van der Waals surface area contributed by atoms with Gasteiger partial charge in [-0.15, -0.1) is 0 Å². The Hall–Kier alpha value is -2.07. The zero-order chi connectivity index (χ0) is 14.2. The molecule has 1 heterocycles. The first-order chi connectivity index (χ1) is 9.83. The minimum Gasteiger partial charge on any atom is -0.497 e. The summed E-state index contributed by atoms with van der Waals surface area (Å²) in [6.07, 6.45) is 4.51. The fraction of sp³-hybridized carbons (Fsp3) is 0.312. The average molecular weight is 272 g/mol. The molecule has 0 aliphatic rings. The average Bonchev–Trinajstić information content (AvgIpc) is 2.52. The summed E-state index contributed by atoms with van der Waals surface area (Å²) in [5.41, 5.74) is 2.38. The van der Waals surface area contributed by atoms with E-state index in [1.54, 1.807) is 14.2 Å². The number of rotatable bonds is 7. The number of hydrogen-bond donors (Lipinski definition) is 1. The maximum absolute atomic E-state index is 5.37. The molecule has 0 amide bonds. The van der Waals surface area contributed by atoms with Gasteiger partial charge in [0.1, 0.15) is 11.5 Å². The van der Waals surface area contributed by atoms with Crippen molar-refractivity contribution in [2.24, 2.45) is 0 Å². The smallest absolute Gasteiger partial charge is 0.122 e. The third-order valence-electron chi connectivity index (χ3n) is 3.14. The molecule has 0 radical (unpaired) electrons. The molecule has 1 aromatic carbocycles. The van der Waals surface area contributed by atoms with Crippen LogP contribution in [0.5, 0.6) is 11.5 Å². The summed E-state index contributed by atoms with van der Waals surface area (Å²) in [5.74, 6) is 1.76. The molecule has 0 saturated heterocycles. The number of benzene rings is 1. The summed E-state index contributed by atoms with van der Waals surface area (Å²) in [7, 11) is 3.36. The van der Waals surface area contributed by atoms with Crippen LogP contribution < -0.4 is 14.8 Å². The highest BCUT2D eigenvalue weighted by Crippen LogP contribution is 2.24. The van der Waals surface area contributed by atoms with Crippen LogP contribution in [0.3, 0.4) is 0 Å². The number of methoxy groups -OCH3 is 2. The van der Waals surface area contributed by atoms with Crippen LogP contribution in [0.2, 0.25) is 0 Å². The van der Waals surface area contributed by atoms with Gasteiger partial charge in [-0.1, -0.05) is 0 Å². The Bertz CT molecular complexity index is 529. The molecule has 0 fully saturated rings. The SMILES string of the molecule is COc1ccc(OC)c(CCNCc2ccncc2)c1. The van der Waals surface area contributed by atoms with Crippen LogP contribution in [0.15, 0.2) is 42.7 Å². The number of aromatic nitrogens is 1. The molecule has 4 nitrogen and oxygen atoms in total. The predicted octanol–water partition coefficient (Wildman–Crippen LogP) is 2.43. The Labute approximate surface area is 119 Å². The van der Waals surface area contributed by atoms with Crippen molar-refractivity contribution in [3.8, 4) is 11.5 Å². The van der Waals surface area contributed by atoms with Gasteiger partial charge in [-0.3, -0.25) is 4.98 Å². The largest absolute Gasteiger partial charge is 0.497 e. The quantitative estimate of drug-likeness (QED) is 0.786. The van der Waals surface area contributed by atoms with E-state index in [1.165, 1.54) is 5.56 Å². The second-order valence-corrected chi connectivity index (χ2v) is 4.46. The van der Waals surface area contributed by atoms with Crippen molar-refractivity contribution in [1.29, 1.82) is 0 Å². The number of nitrogens with one attached hydrogen (secondary N) is 1. The topological polar surface area (TPSA) is 43.4 Å². The lowest BCUT2D eigenvalue weighted by atomic mass is 10.1. The van der Waals surface area contributed by atoms with Gasteiger partial charge in [0.15, 0.2) is 0 Å². The van der Waals surface area contributed by atoms with Gasteiger partial charge in [-0.2, -0.15) is 0 Å². The third-order valence-corrected chi connectivity index (χ3v) is 3.14. The molecule has 0 atom stereocenters. The molecule has 0 bridgehead atoms. The first-order valence-corrected chi connectivity index (χ1v) is 6.64. The van der Waals surface area contributed by atoms with E-state index in [9.17, 15) is 0 Å². The Morgan fingerprint density at radius 2 is 1.85 bits per heavy atom. The van der Waals surface area contributed by atoms with E-state index in [0.29, 0.717) is 0 Å². The van der Waals surface area contributed by atoms with Crippen LogP contribution in [0.25, 0.3) is 0 Å². The molecule has 2 rings (SSSR count). The molecule has 2 aromatic rings. The van der Waals surface area contributed by atoms with Crippen molar-refractivity contribution in [2.45, 2.75) is 13.0 Å². The summed E-state index contributed by atoms with van der Waals surface area (Å²) < 4.78 is 10.6. The lowest BCUT2D eigenvalue weighted by Crippen LogP contribution is -2.17. The van der Waals surface area contributed by atoms with Crippen molar-refractivity contribution in [1.82, 2.24) is 10.3 Å². The first kappa shape index (κ1) is 14.3. The summed E-state index contributed by atoms with van der Waals surface area (Å²) in [5, 5.41) is 3.41. The van der Waals surface area contributed by atoms with Crippen LogP contribution in [0.1, 0.15) is 11.1 Å². The second kappa shape index (κ2) is 7.50. The van der Waals surface area contributed by atoms with Gasteiger partial charge in [0.2, 0.25) is 0 Å². The number of ether oxygens (including phenoxy) is 2. The Morgan fingerprint density at radius 1 is 1.05 bits per heavy atom. The van der Waals surface area contributed by atoms with Crippen molar-refractivity contribution in [2.75, 3.05) is 20.8 Å². The monoisotopic (exact) mass is 272 g/mol. The highest BCUT2D eigenvalue weighted by Gasteiger charge is 2.04. The summed E-state index contributed by atoms with van der Waals surface area (Å²) >= 11 is 0. The van der Waals surface area contributed by atoms with Gasteiger partial charge in [0.05, 0.1) is 14.2 Å². The van der Waals surface area contributed by atoms with Gasteiger partial charge < -0.3 is 14.8 Å². The van der Waals surface area contributed by atoms with E-state index in [2.05, 4.69) is 10.3 Å². The normalized spacial score (nSPS) is 10.3. The van der Waals surface area contributed by atoms with Gasteiger partial charge in [-0.05, 0) is 54.4 Å². The highest BCUT2D eigenvalue weighted by molar-refractivity contribution is 5.40. The van der Waals surface area contributed by atoms with Gasteiger partial charge >= 0.3 is 0 Å². The van der Waals surface area contributed by atoms with E-state index < -0.39 is 0 Å². The van der Waals surface area contributed by atoms with Crippen LogP contribution in [0, 0.1) is 0 Å². The Balaban J connectivity index is 1.87. The van der Waals surface area contributed by atoms with Crippen LogP contribution in [0.4, 0.5) is 0 Å². The molecular weight excluding hydrogens is 252 g/mol. The van der Waals surface area contributed by atoms with Crippen LogP contribution in [-0.2, 0) is 13.0 Å². The lowest BCUT2D eigenvalue weighted by Gasteiger charge is -2.11. The second-order valence-electron chi connectivity index (χ2n) is 4.46. The molecule has 0 aliphatic heterocycles. The van der Waals surface area contributed by atoms with Gasteiger partial charge in [0, 0.05) is 18.9 Å². The van der Waals surface area contributed by atoms with Crippen molar-refractivity contribution in [3.63, 3.8) is 0 Å². The minimum atomic E-state index is 0.842. The molecule has 1 N–H and O–H groups in total. The van der Waals surface area contributed by atoms with Crippen molar-refractivity contribution in [3.05, 3.63) is 53.9 Å². The van der Waals surface area contributed by atoms with Crippen LogP contribution >= 0.6 is 0 Å². The van der Waals surface area contributed by atoms with E-state index in [4.69, 9.17) is 9.47 Å². The maximum Gasteiger partial charge on any atom is 0.122 e. The summed E-state index contributed by atoms with van der Waals surface area (Å²) in [6.45, 7) is 1.72. The fourth-order valence-corrected chi connectivity index (χ4v) is 2.03. The van der Waals surface area contributed by atoms with Crippen LogP contribution in [-0.4, -0.2) is 25.7 Å². The summed E-state index contributed by atoms with van der Waals surface area (Å²) in [4.78, 5) is 4.00. The Morgan fingerprint density at radius 3 is 2.55 bits per heavy atom. The van der Waals surface area contributed by atoms with Crippen molar-refractivity contribution < 1.29 is 9.47 Å². The number of nitrogens with zero attached hydrogens (tertiary/aromatic N) is 1. The third kappa shape index (κ3) is 3.96. The minimum absolute atomic E-state index is 0.842. The molecule has 106 valence electrons. The summed E-state index contributed by atoms with van der Waals surface area (Å²) in [6, 6.07) is 9.90. The molecule has 0 unspecified atom stereocenters. The molecule has 1 aromatic heterocycles. The molecule has 0 spiro atoms. The zero-order valence-corrected chi connectivity index (χ0v) is 11.9. The Kier molecular flexibility index (Phi) is 5.38. The van der Waals surface area contributed by atoms with Gasteiger partial charge in [-0.25, -0.2) is 0 Å². The van der Waals surface area contributed by atoms with E-state index in [1.807, 2.05) is 42.7 Å². The molecular formula is C16H20N2O2. The van der Waals surface area contributed by atoms with Crippen molar-refractivity contribution >= 4 is 0 Å². The van der Waals surface area contributed by atoms with Gasteiger partial charge in [0.25, 0.3) is 0 Å². The maximum atomic E-state index is 5.37. The number of hydrogen-bond acceptors (Lipinski definition) is 4. The highest BCUT2D eigenvalue weighted by atomic mass is 16.5. The molecule has 0 aliphatic carbocycles. The number of pyridine rings is 1.